The number of anilines is 1. The van der Waals surface area contributed by atoms with Crippen LogP contribution in [-0.4, -0.2) is 17.7 Å². The van der Waals surface area contributed by atoms with Crippen LogP contribution in [0.5, 0.6) is 0 Å². The number of carbonyl (C=O) groups excluding carboxylic acids is 1. The van der Waals surface area contributed by atoms with Gasteiger partial charge in [0.2, 0.25) is 5.17 Å². The van der Waals surface area contributed by atoms with Crippen LogP contribution in [0, 0.1) is 12.3 Å². The molecule has 17 heavy (non-hydrogen) atoms. The lowest BCUT2D eigenvalue weighted by molar-refractivity contribution is -0.134. The number of esters is 1. The summed E-state index contributed by atoms with van der Waals surface area (Å²) in [6, 6.07) is 6.95. The van der Waals surface area contributed by atoms with E-state index in [9.17, 15) is 4.79 Å². The zero-order valence-electron chi connectivity index (χ0n) is 9.24. The molecule has 5 heteroatoms. The van der Waals surface area contributed by atoms with Crippen molar-refractivity contribution in [2.24, 2.45) is 5.10 Å². The van der Waals surface area contributed by atoms with E-state index in [2.05, 4.69) is 21.2 Å². The van der Waals surface area contributed by atoms with Gasteiger partial charge >= 0.3 is 5.97 Å². The largest absolute Gasteiger partial charge is 0.461 e. The van der Waals surface area contributed by atoms with Crippen LogP contribution in [0.3, 0.4) is 0 Å². The summed E-state index contributed by atoms with van der Waals surface area (Å²) in [4.78, 5) is 11.1. The van der Waals surface area contributed by atoms with Gasteiger partial charge in [0, 0.05) is 5.56 Å². The summed E-state index contributed by atoms with van der Waals surface area (Å²) in [5, 5.41) is 3.42. The topological polar surface area (TPSA) is 50.7 Å². The summed E-state index contributed by atoms with van der Waals surface area (Å²) in [6.07, 6.45) is 5.21. The molecular formula is C12H11ClN2O2. The molecule has 0 spiro atoms. The van der Waals surface area contributed by atoms with Crippen molar-refractivity contribution < 1.29 is 9.53 Å². The van der Waals surface area contributed by atoms with Crippen molar-refractivity contribution in [2.75, 3.05) is 12.0 Å². The Hall–Kier alpha value is -1.99. The molecule has 88 valence electrons. The molecule has 0 amide bonds. The smallest absolute Gasteiger partial charge is 0.370 e. The van der Waals surface area contributed by atoms with Crippen molar-refractivity contribution in [3.8, 4) is 12.3 Å². The Morgan fingerprint density at radius 2 is 2.18 bits per heavy atom. The Labute approximate surface area is 105 Å². The number of hydrogen-bond donors (Lipinski definition) is 1. The predicted molar refractivity (Wildman–Crippen MR) is 67.9 cm³/mol. The zero-order valence-corrected chi connectivity index (χ0v) is 9.99. The second kappa shape index (κ2) is 6.56. The lowest BCUT2D eigenvalue weighted by atomic mass is 10.2. The highest BCUT2D eigenvalue weighted by atomic mass is 35.5. The number of terminal acetylenes is 1. The molecule has 0 fully saturated rings. The van der Waals surface area contributed by atoms with Gasteiger partial charge in [0.1, 0.15) is 0 Å². The molecule has 0 unspecified atom stereocenters. The van der Waals surface area contributed by atoms with Gasteiger partial charge in [-0.1, -0.05) is 17.5 Å². The van der Waals surface area contributed by atoms with E-state index in [1.165, 1.54) is 0 Å². The van der Waals surface area contributed by atoms with Crippen LogP contribution in [0.15, 0.2) is 29.4 Å². The molecule has 0 bridgehead atoms. The molecule has 0 saturated carbocycles. The SMILES string of the molecule is C#Cc1ccc(N/N=C(\Cl)C(=O)OCC)cc1. The first-order chi connectivity index (χ1) is 8.17. The Bertz CT molecular complexity index is 460. The Morgan fingerprint density at radius 3 is 2.71 bits per heavy atom. The molecule has 0 atom stereocenters. The normalized spacial score (nSPS) is 10.5. The van der Waals surface area contributed by atoms with Crippen molar-refractivity contribution >= 4 is 28.4 Å². The third-order valence-electron chi connectivity index (χ3n) is 1.78. The van der Waals surface area contributed by atoms with Gasteiger partial charge in [-0.2, -0.15) is 5.10 Å². The maximum Gasteiger partial charge on any atom is 0.370 e. The molecule has 1 aromatic rings. The zero-order chi connectivity index (χ0) is 12.7. The minimum Gasteiger partial charge on any atom is -0.461 e. The third-order valence-corrected chi connectivity index (χ3v) is 2.02. The van der Waals surface area contributed by atoms with Crippen LogP contribution in [-0.2, 0) is 9.53 Å². The molecule has 0 radical (unpaired) electrons. The van der Waals surface area contributed by atoms with E-state index in [0.29, 0.717) is 5.69 Å². The molecule has 0 saturated heterocycles. The average Bonchev–Trinajstić information content (AvgIpc) is 2.36. The first-order valence-electron chi connectivity index (χ1n) is 4.90. The number of ether oxygens (including phenoxy) is 1. The summed E-state index contributed by atoms with van der Waals surface area (Å²) in [5.41, 5.74) is 4.05. The number of nitrogens with zero attached hydrogens (tertiary/aromatic N) is 1. The first kappa shape index (κ1) is 13.1. The minimum absolute atomic E-state index is 0.251. The van der Waals surface area contributed by atoms with Gasteiger partial charge in [-0.15, -0.1) is 6.42 Å². The van der Waals surface area contributed by atoms with E-state index in [1.807, 2.05) is 0 Å². The van der Waals surface area contributed by atoms with Crippen molar-refractivity contribution in [3.63, 3.8) is 0 Å². The van der Waals surface area contributed by atoms with Gasteiger partial charge in [0.05, 0.1) is 12.3 Å². The van der Waals surface area contributed by atoms with Gasteiger partial charge < -0.3 is 4.74 Å². The van der Waals surface area contributed by atoms with Crippen molar-refractivity contribution in [1.29, 1.82) is 0 Å². The van der Waals surface area contributed by atoms with Gasteiger partial charge in [0.25, 0.3) is 0 Å². The van der Waals surface area contributed by atoms with Gasteiger partial charge in [-0.25, -0.2) is 4.79 Å². The van der Waals surface area contributed by atoms with Crippen molar-refractivity contribution in [3.05, 3.63) is 29.8 Å². The molecule has 0 aliphatic heterocycles. The van der Waals surface area contributed by atoms with Crippen molar-refractivity contribution in [1.82, 2.24) is 0 Å². The molecule has 0 aliphatic rings. The molecule has 1 rings (SSSR count). The number of benzene rings is 1. The quantitative estimate of drug-likeness (QED) is 0.386. The van der Waals surface area contributed by atoms with Gasteiger partial charge in [-0.05, 0) is 31.2 Å². The minimum atomic E-state index is -0.665. The van der Waals surface area contributed by atoms with E-state index in [-0.39, 0.29) is 11.8 Å². The summed E-state index contributed by atoms with van der Waals surface area (Å²) in [5.74, 6) is 1.83. The number of hydrogen-bond acceptors (Lipinski definition) is 4. The van der Waals surface area contributed by atoms with Crippen LogP contribution in [0.1, 0.15) is 12.5 Å². The summed E-state index contributed by atoms with van der Waals surface area (Å²) < 4.78 is 4.66. The molecule has 0 heterocycles. The fraction of sp³-hybridized carbons (Fsp3) is 0.167. The van der Waals surface area contributed by atoms with Crippen molar-refractivity contribution in [2.45, 2.75) is 6.92 Å². The number of hydrazone groups is 1. The van der Waals surface area contributed by atoms with Crippen LogP contribution >= 0.6 is 11.6 Å². The van der Waals surface area contributed by atoms with E-state index in [4.69, 9.17) is 18.0 Å². The standard InChI is InChI=1S/C12H11ClN2O2/c1-3-9-5-7-10(8-6-9)14-15-11(13)12(16)17-4-2/h1,5-8,14H,4H2,2H3/b15-11-. The highest BCUT2D eigenvalue weighted by molar-refractivity contribution is 6.82. The Balaban J connectivity index is 2.63. The van der Waals surface area contributed by atoms with E-state index in [0.717, 1.165) is 5.56 Å². The van der Waals surface area contributed by atoms with Gasteiger partial charge in [-0.3, -0.25) is 5.43 Å². The summed E-state index contributed by atoms with van der Waals surface area (Å²) >= 11 is 5.60. The molecule has 1 N–H and O–H groups in total. The van der Waals surface area contributed by atoms with E-state index >= 15 is 0 Å². The average molecular weight is 251 g/mol. The van der Waals surface area contributed by atoms with Crippen LogP contribution in [0.4, 0.5) is 5.69 Å². The molecular weight excluding hydrogens is 240 g/mol. The number of halogens is 1. The van der Waals surface area contributed by atoms with Crippen LogP contribution in [0.25, 0.3) is 0 Å². The number of nitrogens with one attached hydrogen (secondary N) is 1. The van der Waals surface area contributed by atoms with E-state index < -0.39 is 5.97 Å². The molecule has 1 aromatic carbocycles. The second-order valence-electron chi connectivity index (χ2n) is 2.96. The lowest BCUT2D eigenvalue weighted by Crippen LogP contribution is -2.13. The third kappa shape index (κ3) is 4.17. The highest BCUT2D eigenvalue weighted by Crippen LogP contribution is 2.08. The van der Waals surface area contributed by atoms with E-state index in [1.54, 1.807) is 31.2 Å². The second-order valence-corrected chi connectivity index (χ2v) is 3.31. The fourth-order valence-corrected chi connectivity index (χ4v) is 1.09. The monoisotopic (exact) mass is 250 g/mol. The van der Waals surface area contributed by atoms with Crippen LogP contribution in [0.2, 0.25) is 0 Å². The number of rotatable bonds is 4. The van der Waals surface area contributed by atoms with Crippen LogP contribution < -0.4 is 5.43 Å². The molecule has 0 aliphatic carbocycles. The maximum absolute atomic E-state index is 11.1. The summed E-state index contributed by atoms with van der Waals surface area (Å²) in [6.45, 7) is 1.94. The first-order valence-corrected chi connectivity index (χ1v) is 5.28. The Kier molecular flexibility index (Phi) is 5.05. The molecule has 4 nitrogen and oxygen atoms in total. The Morgan fingerprint density at radius 1 is 1.53 bits per heavy atom. The number of carbonyl (C=O) groups is 1. The highest BCUT2D eigenvalue weighted by Gasteiger charge is 2.08. The fourth-order valence-electron chi connectivity index (χ4n) is 0.991. The van der Waals surface area contributed by atoms with Gasteiger partial charge in [0.15, 0.2) is 0 Å². The maximum atomic E-state index is 11.1. The molecule has 0 aromatic heterocycles. The predicted octanol–water partition coefficient (Wildman–Crippen LogP) is 2.20. The lowest BCUT2D eigenvalue weighted by Gasteiger charge is -2.02. The summed E-state index contributed by atoms with van der Waals surface area (Å²) in [7, 11) is 0.